The highest BCUT2D eigenvalue weighted by molar-refractivity contribution is 6.32. The normalized spacial score (nSPS) is 41.5. The molecule has 0 aromatic carbocycles. The van der Waals surface area contributed by atoms with Crippen molar-refractivity contribution in [3.8, 4) is 0 Å². The Bertz CT molecular complexity index is 1730. The maximum Gasteiger partial charge on any atom is 0.311 e. The van der Waals surface area contributed by atoms with E-state index in [1.165, 1.54) is 14.0 Å². The molecule has 0 aliphatic carbocycles. The highest BCUT2D eigenvalue weighted by Crippen LogP contribution is 2.40. The second kappa shape index (κ2) is 23.7. The zero-order valence-electron chi connectivity index (χ0n) is 42.2. The molecule has 0 bridgehead atoms. The Morgan fingerprint density at radius 2 is 1.68 bits per heavy atom. The Morgan fingerprint density at radius 1 is 1.02 bits per heavy atom. The summed E-state index contributed by atoms with van der Waals surface area (Å²) in [5, 5.41) is 50.6. The molecular formula is C48H83ClN4O13. The summed E-state index contributed by atoms with van der Waals surface area (Å²) in [6, 6.07) is 2.63. The molecule has 1 aromatic heterocycles. The summed E-state index contributed by atoms with van der Waals surface area (Å²) in [5.41, 5.74) is -3.49. The summed E-state index contributed by atoms with van der Waals surface area (Å²) < 4.78 is 45.4. The van der Waals surface area contributed by atoms with Crippen LogP contribution in [0.5, 0.6) is 0 Å². The average Bonchev–Trinajstić information content (AvgIpc) is 3.23. The molecule has 4 rings (SSSR count). The lowest BCUT2D eigenvalue weighted by molar-refractivity contribution is -0.321. The first-order chi connectivity index (χ1) is 30.7. The van der Waals surface area contributed by atoms with Crippen LogP contribution in [0, 0.1) is 24.7 Å². The Kier molecular flexibility index (Phi) is 20.3. The van der Waals surface area contributed by atoms with E-state index < -0.39 is 96.0 Å². The van der Waals surface area contributed by atoms with Gasteiger partial charge in [-0.3, -0.25) is 9.59 Å². The number of carbonyl (C=O) groups excluding carboxylic acids is 2. The molecule has 0 radical (unpaired) electrons. The second-order valence-corrected chi connectivity index (χ2v) is 20.8. The Balaban J connectivity index is 1.75. The van der Waals surface area contributed by atoms with E-state index in [0.717, 1.165) is 0 Å². The first-order valence-corrected chi connectivity index (χ1v) is 24.1. The van der Waals surface area contributed by atoms with Gasteiger partial charge in [-0.2, -0.15) is 0 Å². The maximum atomic E-state index is 14.5. The molecule has 1 aromatic rings. The largest absolute Gasteiger partial charge is 0.459 e. The fourth-order valence-electron chi connectivity index (χ4n) is 10.2. The van der Waals surface area contributed by atoms with Crippen LogP contribution < -0.4 is 5.32 Å². The molecule has 380 valence electrons. The lowest BCUT2D eigenvalue weighted by Crippen LogP contribution is -2.61. The maximum absolute atomic E-state index is 14.5. The van der Waals surface area contributed by atoms with Crippen molar-refractivity contribution in [2.75, 3.05) is 47.9 Å². The topological polar surface area (TPSA) is 211 Å². The van der Waals surface area contributed by atoms with Crippen molar-refractivity contribution in [1.82, 2.24) is 20.1 Å². The third-order valence-corrected chi connectivity index (χ3v) is 14.6. The van der Waals surface area contributed by atoms with Crippen LogP contribution in [-0.4, -0.2) is 185 Å². The van der Waals surface area contributed by atoms with E-state index in [1.807, 2.05) is 46.8 Å². The Hall–Kier alpha value is -2.10. The molecule has 3 aliphatic heterocycles. The van der Waals surface area contributed by atoms with Gasteiger partial charge in [0.05, 0.1) is 47.1 Å². The van der Waals surface area contributed by atoms with Gasteiger partial charge in [-0.25, -0.2) is 4.98 Å². The summed E-state index contributed by atoms with van der Waals surface area (Å²) in [5.74, 6) is -3.04. The van der Waals surface area contributed by atoms with Crippen LogP contribution in [0.3, 0.4) is 0 Å². The van der Waals surface area contributed by atoms with Crippen LogP contribution in [-0.2, 0) is 38.0 Å². The number of nitrogens with zero attached hydrogens (tertiary/aromatic N) is 3. The fourth-order valence-corrected chi connectivity index (χ4v) is 10.5. The van der Waals surface area contributed by atoms with E-state index in [2.05, 4.69) is 15.2 Å². The highest BCUT2D eigenvalue weighted by Gasteiger charge is 2.53. The summed E-state index contributed by atoms with van der Waals surface area (Å²) in [6.45, 7) is 20.5. The van der Waals surface area contributed by atoms with Gasteiger partial charge < -0.3 is 68.7 Å². The van der Waals surface area contributed by atoms with Crippen molar-refractivity contribution in [2.24, 2.45) is 17.8 Å². The number of carbonyl (C=O) groups is 2. The van der Waals surface area contributed by atoms with Gasteiger partial charge in [0.1, 0.15) is 35.2 Å². The lowest BCUT2D eigenvalue weighted by Gasteiger charge is -2.49. The van der Waals surface area contributed by atoms with Crippen LogP contribution in [0.4, 0.5) is 0 Å². The number of halogens is 1. The molecule has 18 heteroatoms. The summed E-state index contributed by atoms with van der Waals surface area (Å²) >= 11 is 6.25. The van der Waals surface area contributed by atoms with Crippen LogP contribution in [0.25, 0.3) is 0 Å². The third-order valence-electron chi connectivity index (χ3n) is 14.3. The number of pyridine rings is 1. The smallest absolute Gasteiger partial charge is 0.311 e. The first-order valence-electron chi connectivity index (χ1n) is 23.8. The number of ether oxygens (including phenoxy) is 7. The SMILES string of the molecule is CC[C@H]1OC(=O)[C@H](C)[C@@H](O[C@H]2C[C@@](C)(OC)[C@@H](O)[C@H](C)O2)[C@H](C)[C@@H](O[C@@H]2O[C@H](C)C[C@H](N(C)C)[C@H]2OCCCNC(=O)c2ccc(C)nc2Cl)[C@](C)(O)C[C@@H](C)CN(C)[C@H](C)[C@@H](O)[C@]1(C)O. The first kappa shape index (κ1) is 56.5. The van der Waals surface area contributed by atoms with Crippen LogP contribution >= 0.6 is 11.6 Å². The lowest BCUT2D eigenvalue weighted by atomic mass is 9.77. The molecule has 17 nitrogen and oxygen atoms in total. The van der Waals surface area contributed by atoms with E-state index in [4.69, 9.17) is 44.8 Å². The molecule has 4 heterocycles. The third kappa shape index (κ3) is 13.6. The molecule has 3 saturated heterocycles. The van der Waals surface area contributed by atoms with Gasteiger partial charge in [0.2, 0.25) is 0 Å². The van der Waals surface area contributed by atoms with Crippen molar-refractivity contribution in [1.29, 1.82) is 0 Å². The minimum absolute atomic E-state index is 0.112. The number of cyclic esters (lactones) is 1. The predicted octanol–water partition coefficient (Wildman–Crippen LogP) is 4.10. The molecule has 0 saturated carbocycles. The number of rotatable bonds is 13. The summed E-state index contributed by atoms with van der Waals surface area (Å²) in [7, 11) is 7.28. The van der Waals surface area contributed by atoms with Crippen molar-refractivity contribution in [3.63, 3.8) is 0 Å². The molecule has 3 fully saturated rings. The van der Waals surface area contributed by atoms with Gasteiger partial charge >= 0.3 is 5.97 Å². The number of esters is 1. The standard InChI is InChI=1S/C48H83ClN4O13/c1-16-35-48(11,59)39(54)31(7)53(14)25-26(2)23-46(9,58)41(29(5)37(30(6)44(57)64-35)65-36-24-47(10,60-15)40(55)32(8)63-36)66-45-38(34(52(12)13)22-28(4)62-45)61-21-17-20-50-43(56)33-19-18-27(3)51-42(33)49/h18-19,26,28-32,34-41,45,54-55,58-59H,16-17,20-25H2,1-15H3,(H,50,56)/t26-,28-,29+,30-,31-,32+,34+,35-,36+,37+,38-,39-,40+,41-,45+,46-,47-,48-/m1/s1. The van der Waals surface area contributed by atoms with Crippen molar-refractivity contribution in [2.45, 2.75) is 199 Å². The van der Waals surface area contributed by atoms with Gasteiger partial charge in [-0.15, -0.1) is 0 Å². The van der Waals surface area contributed by atoms with E-state index in [9.17, 15) is 30.0 Å². The average molecular weight is 960 g/mol. The molecule has 18 atom stereocenters. The van der Waals surface area contributed by atoms with Crippen molar-refractivity contribution < 1.29 is 63.2 Å². The monoisotopic (exact) mass is 959 g/mol. The number of methoxy groups -OCH3 is 1. The molecular weight excluding hydrogens is 876 g/mol. The van der Waals surface area contributed by atoms with Gasteiger partial charge in [0, 0.05) is 56.9 Å². The van der Waals surface area contributed by atoms with Crippen LogP contribution in [0.1, 0.15) is 117 Å². The number of hydrogen-bond donors (Lipinski definition) is 5. The molecule has 66 heavy (non-hydrogen) atoms. The van der Waals surface area contributed by atoms with Crippen LogP contribution in [0.15, 0.2) is 12.1 Å². The summed E-state index contributed by atoms with van der Waals surface area (Å²) in [6.07, 6.45) is -7.50. The zero-order chi connectivity index (χ0) is 49.6. The minimum atomic E-state index is -1.83. The van der Waals surface area contributed by atoms with E-state index in [1.54, 1.807) is 60.6 Å². The zero-order valence-corrected chi connectivity index (χ0v) is 42.9. The van der Waals surface area contributed by atoms with Gasteiger partial charge in [-0.05, 0) is 120 Å². The Labute approximate surface area is 398 Å². The number of aliphatic hydroxyl groups excluding tert-OH is 2. The van der Waals surface area contributed by atoms with E-state index in [0.29, 0.717) is 31.6 Å². The number of aryl methyl sites for hydroxylation is 1. The number of aromatic nitrogens is 1. The molecule has 5 N–H and O–H groups in total. The van der Waals surface area contributed by atoms with Crippen molar-refractivity contribution in [3.05, 3.63) is 28.5 Å². The van der Waals surface area contributed by atoms with Gasteiger partial charge in [-0.1, -0.05) is 32.4 Å². The molecule has 0 unspecified atom stereocenters. The van der Waals surface area contributed by atoms with Crippen molar-refractivity contribution >= 4 is 23.5 Å². The van der Waals surface area contributed by atoms with E-state index >= 15 is 0 Å². The quantitative estimate of drug-likeness (QED) is 0.107. The van der Waals surface area contributed by atoms with Gasteiger partial charge in [0.25, 0.3) is 5.91 Å². The fraction of sp³-hybridized carbons (Fsp3) is 0.854. The highest BCUT2D eigenvalue weighted by atomic mass is 35.5. The number of likely N-dealkylation sites (N-methyl/N-ethyl adjacent to an activating group) is 2. The second-order valence-electron chi connectivity index (χ2n) is 20.4. The number of amides is 1. The number of hydrogen-bond acceptors (Lipinski definition) is 16. The Morgan fingerprint density at radius 3 is 2.29 bits per heavy atom. The van der Waals surface area contributed by atoms with Crippen LogP contribution in [0.2, 0.25) is 5.15 Å². The molecule has 0 spiro atoms. The predicted molar refractivity (Wildman–Crippen MR) is 249 cm³/mol. The molecule has 3 aliphatic rings. The number of nitrogens with one attached hydrogen (secondary N) is 1. The number of aliphatic hydroxyl groups is 4. The molecule has 1 amide bonds. The minimum Gasteiger partial charge on any atom is -0.459 e. The summed E-state index contributed by atoms with van der Waals surface area (Å²) in [4.78, 5) is 35.6. The van der Waals surface area contributed by atoms with Gasteiger partial charge in [0.15, 0.2) is 12.6 Å². The van der Waals surface area contributed by atoms with E-state index in [-0.39, 0.29) is 60.6 Å².